The molecule has 1 atom stereocenters. The van der Waals surface area contributed by atoms with E-state index < -0.39 is 0 Å². The fourth-order valence-electron chi connectivity index (χ4n) is 5.02. The fraction of sp³-hybridized carbons (Fsp3) is 0.652. The van der Waals surface area contributed by atoms with Crippen LogP contribution in [-0.2, 0) is 20.7 Å². The van der Waals surface area contributed by atoms with Gasteiger partial charge in [-0.25, -0.2) is 0 Å². The van der Waals surface area contributed by atoms with Crippen molar-refractivity contribution in [3.8, 4) is 0 Å². The molecule has 3 saturated heterocycles. The van der Waals surface area contributed by atoms with Gasteiger partial charge in [-0.05, 0) is 55.6 Å². The monoisotopic (exact) mass is 384 g/mol. The molecule has 152 valence electrons. The number of amides is 2. The quantitative estimate of drug-likeness (QED) is 0.802. The van der Waals surface area contributed by atoms with Gasteiger partial charge in [0.15, 0.2) is 0 Å². The van der Waals surface area contributed by atoms with Crippen LogP contribution in [0.15, 0.2) is 24.3 Å². The number of aryl methyl sites for hydroxylation is 1. The molecule has 28 heavy (non-hydrogen) atoms. The van der Waals surface area contributed by atoms with Crippen LogP contribution < -0.4 is 0 Å². The van der Waals surface area contributed by atoms with Crippen molar-refractivity contribution in [2.75, 3.05) is 32.8 Å². The van der Waals surface area contributed by atoms with Crippen LogP contribution in [0.4, 0.5) is 0 Å². The molecule has 3 aliphatic heterocycles. The van der Waals surface area contributed by atoms with E-state index in [4.69, 9.17) is 4.74 Å². The first kappa shape index (κ1) is 19.4. The van der Waals surface area contributed by atoms with Gasteiger partial charge in [0.25, 0.3) is 0 Å². The molecule has 3 aliphatic rings. The van der Waals surface area contributed by atoms with Crippen LogP contribution in [0.2, 0.25) is 0 Å². The Morgan fingerprint density at radius 1 is 1.21 bits per heavy atom. The van der Waals surface area contributed by atoms with Crippen molar-refractivity contribution in [3.05, 3.63) is 35.4 Å². The lowest BCUT2D eigenvalue weighted by molar-refractivity contribution is -0.143. The van der Waals surface area contributed by atoms with Gasteiger partial charge in [-0.2, -0.15) is 0 Å². The van der Waals surface area contributed by atoms with E-state index in [1.54, 1.807) is 0 Å². The lowest BCUT2D eigenvalue weighted by Gasteiger charge is -2.47. The highest BCUT2D eigenvalue weighted by Gasteiger charge is 2.42. The van der Waals surface area contributed by atoms with E-state index in [1.165, 1.54) is 5.56 Å². The molecule has 5 heteroatoms. The molecule has 3 heterocycles. The van der Waals surface area contributed by atoms with Gasteiger partial charge in [0.2, 0.25) is 11.8 Å². The zero-order valence-electron chi connectivity index (χ0n) is 17.0. The van der Waals surface area contributed by atoms with E-state index >= 15 is 0 Å². The molecule has 4 rings (SSSR count). The summed E-state index contributed by atoms with van der Waals surface area (Å²) in [7, 11) is 0. The van der Waals surface area contributed by atoms with E-state index in [0.717, 1.165) is 70.5 Å². The predicted molar refractivity (Wildman–Crippen MR) is 108 cm³/mol. The molecule has 0 bridgehead atoms. The van der Waals surface area contributed by atoms with Gasteiger partial charge < -0.3 is 14.5 Å². The molecule has 1 spiro atoms. The van der Waals surface area contributed by atoms with Gasteiger partial charge in [0, 0.05) is 39.2 Å². The average molecular weight is 385 g/mol. The van der Waals surface area contributed by atoms with Crippen molar-refractivity contribution < 1.29 is 14.3 Å². The summed E-state index contributed by atoms with van der Waals surface area (Å²) >= 11 is 0. The van der Waals surface area contributed by atoms with Crippen molar-refractivity contribution in [2.24, 2.45) is 5.41 Å². The standard InChI is InChI=1S/C23H32N2O3/c1-18-5-2-3-6-19(18)15-22(27)24-12-10-23(11-13-24)9-8-21(26)25(17-23)16-20-7-4-14-28-20/h2-3,5-6,20H,4,7-17H2,1H3/t20-/m0/s1. The number of rotatable bonds is 4. The molecule has 0 unspecified atom stereocenters. The number of carbonyl (C=O) groups excluding carboxylic acids is 2. The van der Waals surface area contributed by atoms with E-state index in [2.05, 4.69) is 13.0 Å². The molecule has 3 fully saturated rings. The molecule has 0 radical (unpaired) electrons. The minimum atomic E-state index is 0.186. The van der Waals surface area contributed by atoms with Crippen LogP contribution in [0.5, 0.6) is 0 Å². The van der Waals surface area contributed by atoms with Gasteiger partial charge in [-0.15, -0.1) is 0 Å². The zero-order valence-corrected chi connectivity index (χ0v) is 17.0. The Morgan fingerprint density at radius 3 is 2.71 bits per heavy atom. The van der Waals surface area contributed by atoms with Crippen molar-refractivity contribution >= 4 is 11.8 Å². The Hall–Kier alpha value is -1.88. The maximum absolute atomic E-state index is 12.8. The van der Waals surface area contributed by atoms with E-state index in [-0.39, 0.29) is 23.3 Å². The minimum absolute atomic E-state index is 0.186. The topological polar surface area (TPSA) is 49.9 Å². The molecular formula is C23H32N2O3. The van der Waals surface area contributed by atoms with Crippen molar-refractivity contribution in [1.29, 1.82) is 0 Å². The van der Waals surface area contributed by atoms with Crippen molar-refractivity contribution in [1.82, 2.24) is 9.80 Å². The van der Waals surface area contributed by atoms with Crippen molar-refractivity contribution in [3.63, 3.8) is 0 Å². The first-order chi connectivity index (χ1) is 13.5. The Bertz CT molecular complexity index is 718. The summed E-state index contributed by atoms with van der Waals surface area (Å²) in [5.74, 6) is 0.506. The Morgan fingerprint density at radius 2 is 2.00 bits per heavy atom. The molecule has 1 aromatic carbocycles. The van der Waals surface area contributed by atoms with Gasteiger partial charge >= 0.3 is 0 Å². The number of carbonyl (C=O) groups is 2. The highest BCUT2D eigenvalue weighted by atomic mass is 16.5. The maximum Gasteiger partial charge on any atom is 0.226 e. The zero-order chi connectivity index (χ0) is 19.6. The Labute approximate surface area is 168 Å². The smallest absolute Gasteiger partial charge is 0.226 e. The van der Waals surface area contributed by atoms with Crippen LogP contribution >= 0.6 is 0 Å². The third-order valence-electron chi connectivity index (χ3n) is 6.98. The largest absolute Gasteiger partial charge is 0.376 e. The number of benzene rings is 1. The number of hydrogen-bond donors (Lipinski definition) is 0. The first-order valence-electron chi connectivity index (χ1n) is 10.8. The number of likely N-dealkylation sites (tertiary alicyclic amines) is 2. The van der Waals surface area contributed by atoms with E-state index in [0.29, 0.717) is 12.8 Å². The summed E-state index contributed by atoms with van der Waals surface area (Å²) in [6.45, 7) is 6.10. The molecule has 5 nitrogen and oxygen atoms in total. The van der Waals surface area contributed by atoms with Crippen LogP contribution in [0, 0.1) is 12.3 Å². The van der Waals surface area contributed by atoms with Crippen LogP contribution in [0.1, 0.15) is 49.7 Å². The summed E-state index contributed by atoms with van der Waals surface area (Å²) in [6, 6.07) is 8.13. The molecular weight excluding hydrogens is 352 g/mol. The second kappa shape index (κ2) is 8.24. The Balaban J connectivity index is 1.33. The SMILES string of the molecule is Cc1ccccc1CC(=O)N1CCC2(CCC(=O)N(C[C@@H]3CCCO3)C2)CC1. The van der Waals surface area contributed by atoms with Crippen LogP contribution in [0.25, 0.3) is 0 Å². The molecule has 1 aromatic rings. The summed E-state index contributed by atoms with van der Waals surface area (Å²) in [5.41, 5.74) is 2.49. The van der Waals surface area contributed by atoms with Gasteiger partial charge in [-0.1, -0.05) is 24.3 Å². The van der Waals surface area contributed by atoms with Crippen molar-refractivity contribution in [2.45, 2.75) is 58.0 Å². The summed E-state index contributed by atoms with van der Waals surface area (Å²) in [5, 5.41) is 0. The van der Waals surface area contributed by atoms with E-state index in [9.17, 15) is 9.59 Å². The first-order valence-corrected chi connectivity index (χ1v) is 10.8. The lowest BCUT2D eigenvalue weighted by Crippen LogP contribution is -2.53. The maximum atomic E-state index is 12.8. The van der Waals surface area contributed by atoms with Crippen LogP contribution in [-0.4, -0.2) is 60.5 Å². The number of hydrogen-bond acceptors (Lipinski definition) is 3. The fourth-order valence-corrected chi connectivity index (χ4v) is 5.02. The normalized spacial score (nSPS) is 24.8. The van der Waals surface area contributed by atoms with Crippen LogP contribution in [0.3, 0.4) is 0 Å². The number of nitrogens with zero attached hydrogens (tertiary/aromatic N) is 2. The third kappa shape index (κ3) is 4.24. The second-order valence-corrected chi connectivity index (χ2v) is 8.89. The Kier molecular flexibility index (Phi) is 5.72. The average Bonchev–Trinajstić information content (AvgIpc) is 3.20. The third-order valence-corrected chi connectivity index (χ3v) is 6.98. The number of piperidine rings is 2. The van der Waals surface area contributed by atoms with Gasteiger partial charge in [-0.3, -0.25) is 9.59 Å². The highest BCUT2D eigenvalue weighted by Crippen LogP contribution is 2.40. The van der Waals surface area contributed by atoms with Gasteiger partial charge in [0.1, 0.15) is 0 Å². The highest BCUT2D eigenvalue weighted by molar-refractivity contribution is 5.79. The minimum Gasteiger partial charge on any atom is -0.376 e. The second-order valence-electron chi connectivity index (χ2n) is 8.89. The molecule has 0 N–H and O–H groups in total. The molecule has 2 amide bonds. The summed E-state index contributed by atoms with van der Waals surface area (Å²) < 4.78 is 5.75. The lowest BCUT2D eigenvalue weighted by atomic mass is 9.72. The number of ether oxygens (including phenoxy) is 1. The predicted octanol–water partition coefficient (Wildman–Crippen LogP) is 2.95. The van der Waals surface area contributed by atoms with E-state index in [1.807, 2.05) is 28.0 Å². The summed E-state index contributed by atoms with van der Waals surface area (Å²) in [6.07, 6.45) is 6.49. The molecule has 0 aliphatic carbocycles. The van der Waals surface area contributed by atoms with Gasteiger partial charge in [0.05, 0.1) is 12.5 Å². The summed E-state index contributed by atoms with van der Waals surface area (Å²) in [4.78, 5) is 29.3. The molecule has 0 saturated carbocycles. The molecule has 0 aromatic heterocycles.